The van der Waals surface area contributed by atoms with Crippen molar-refractivity contribution in [1.29, 1.82) is 0 Å². The first-order chi connectivity index (χ1) is 16.6. The average Bonchev–Trinajstić information content (AvgIpc) is 3.50. The second-order valence-electron chi connectivity index (χ2n) is 8.37. The van der Waals surface area contributed by atoms with E-state index in [0.29, 0.717) is 22.5 Å². The van der Waals surface area contributed by atoms with Crippen molar-refractivity contribution in [3.63, 3.8) is 0 Å². The van der Waals surface area contributed by atoms with Crippen LogP contribution >= 0.6 is 11.8 Å². The summed E-state index contributed by atoms with van der Waals surface area (Å²) in [6.07, 6.45) is 7.21. The maximum absolute atomic E-state index is 11.8. The molecule has 2 aromatic heterocycles. The van der Waals surface area contributed by atoms with Crippen molar-refractivity contribution >= 4 is 34.9 Å². The summed E-state index contributed by atoms with van der Waals surface area (Å²) in [5.74, 6) is 0.879. The lowest BCUT2D eigenvalue weighted by Gasteiger charge is -2.32. The molecule has 2 amide bonds. The van der Waals surface area contributed by atoms with Gasteiger partial charge in [-0.25, -0.2) is 9.97 Å². The van der Waals surface area contributed by atoms with Gasteiger partial charge in [-0.15, -0.1) is 0 Å². The van der Waals surface area contributed by atoms with E-state index in [1.54, 1.807) is 24.5 Å². The zero-order valence-corrected chi connectivity index (χ0v) is 19.3. The fourth-order valence-corrected chi connectivity index (χ4v) is 4.84. The summed E-state index contributed by atoms with van der Waals surface area (Å²) in [5.41, 5.74) is 4.04. The van der Waals surface area contributed by atoms with E-state index in [1.807, 2.05) is 6.07 Å². The van der Waals surface area contributed by atoms with Crippen LogP contribution in [0.4, 0.5) is 10.7 Å². The maximum atomic E-state index is 11.8. The number of amides is 2. The van der Waals surface area contributed by atoms with Gasteiger partial charge in [0.15, 0.2) is 0 Å². The number of carbonyl (C=O) groups excluding carboxylic acids is 2. The number of hydrogen-bond acceptors (Lipinski definition) is 8. The fraction of sp³-hybridized carbons (Fsp3) is 0.292. The van der Waals surface area contributed by atoms with Gasteiger partial charge in [0.05, 0.1) is 16.3 Å². The Bertz CT molecular complexity index is 1200. The Morgan fingerprint density at radius 3 is 2.79 bits per heavy atom. The number of H-pyrrole nitrogens is 1. The molecule has 3 aromatic rings. The molecular formula is C24H25N7O2S. The summed E-state index contributed by atoms with van der Waals surface area (Å²) in [6, 6.07) is 12.2. The number of nitrogens with one attached hydrogen (secondary N) is 3. The van der Waals surface area contributed by atoms with Crippen LogP contribution in [0.5, 0.6) is 0 Å². The summed E-state index contributed by atoms with van der Waals surface area (Å²) in [6.45, 7) is 3.57. The summed E-state index contributed by atoms with van der Waals surface area (Å²) in [7, 11) is 0. The fourth-order valence-electron chi connectivity index (χ4n) is 4.17. The summed E-state index contributed by atoms with van der Waals surface area (Å²) < 4.78 is 0. The highest BCUT2D eigenvalue weighted by Crippen LogP contribution is 2.26. The second kappa shape index (κ2) is 10.2. The molecule has 5 rings (SSSR count). The lowest BCUT2D eigenvalue weighted by Crippen LogP contribution is -2.38. The minimum absolute atomic E-state index is 0.355. The van der Waals surface area contributed by atoms with Crippen LogP contribution < -0.4 is 15.5 Å². The van der Waals surface area contributed by atoms with Crippen molar-refractivity contribution in [1.82, 2.24) is 30.8 Å². The molecule has 174 valence electrons. The summed E-state index contributed by atoms with van der Waals surface area (Å²) in [4.78, 5) is 34.7. The van der Waals surface area contributed by atoms with Crippen molar-refractivity contribution in [2.24, 2.45) is 5.92 Å². The lowest BCUT2D eigenvalue weighted by atomic mass is 9.97. The van der Waals surface area contributed by atoms with Gasteiger partial charge in [-0.1, -0.05) is 18.2 Å². The first-order valence-corrected chi connectivity index (χ1v) is 12.1. The molecule has 2 aliphatic rings. The number of rotatable bonds is 7. The minimum atomic E-state index is -0.378. The third-order valence-electron chi connectivity index (χ3n) is 5.98. The van der Waals surface area contributed by atoms with Crippen molar-refractivity contribution in [2.45, 2.75) is 19.4 Å². The smallest absolute Gasteiger partial charge is 0.290 e. The quantitative estimate of drug-likeness (QED) is 0.446. The van der Waals surface area contributed by atoms with Crippen LogP contribution in [0.3, 0.4) is 0 Å². The van der Waals surface area contributed by atoms with Crippen molar-refractivity contribution in [3.05, 3.63) is 65.0 Å². The largest absolute Gasteiger partial charge is 0.341 e. The van der Waals surface area contributed by atoms with Crippen molar-refractivity contribution in [2.75, 3.05) is 24.5 Å². The molecule has 0 saturated carbocycles. The van der Waals surface area contributed by atoms with Crippen LogP contribution in [-0.4, -0.2) is 50.9 Å². The molecule has 9 nitrogen and oxygen atoms in total. The van der Waals surface area contributed by atoms with Gasteiger partial charge >= 0.3 is 0 Å². The molecule has 2 saturated heterocycles. The number of benzene rings is 1. The first kappa shape index (κ1) is 22.3. The summed E-state index contributed by atoms with van der Waals surface area (Å²) in [5, 5.41) is 12.5. The van der Waals surface area contributed by atoms with Gasteiger partial charge in [0.1, 0.15) is 0 Å². The van der Waals surface area contributed by atoms with Gasteiger partial charge in [0, 0.05) is 32.0 Å². The van der Waals surface area contributed by atoms with E-state index in [4.69, 9.17) is 0 Å². The van der Waals surface area contributed by atoms with E-state index in [9.17, 15) is 9.59 Å². The molecule has 1 aromatic carbocycles. The topological polar surface area (TPSA) is 116 Å². The molecule has 0 unspecified atom stereocenters. The van der Waals surface area contributed by atoms with Crippen LogP contribution in [0, 0.1) is 5.92 Å². The molecule has 0 aliphatic carbocycles. The zero-order chi connectivity index (χ0) is 23.3. The Labute approximate surface area is 201 Å². The number of aromatic nitrogens is 4. The number of hydrogen-bond donors (Lipinski definition) is 3. The van der Waals surface area contributed by atoms with Gasteiger partial charge in [-0.2, -0.15) is 5.10 Å². The van der Waals surface area contributed by atoms with E-state index in [0.717, 1.165) is 62.0 Å². The molecule has 2 aliphatic heterocycles. The van der Waals surface area contributed by atoms with Gasteiger partial charge in [0.25, 0.3) is 11.1 Å². The Balaban J connectivity index is 1.11. The van der Waals surface area contributed by atoms with Gasteiger partial charge in [-0.05, 0) is 72.5 Å². The number of carbonyl (C=O) groups is 2. The SMILES string of the molecule is O=C1NC(=O)/C(=C/c2ccnc(N3CCC(CNCc4cccc(-c5ccn[nH]5)c4)CC3)n2)S1. The van der Waals surface area contributed by atoms with E-state index in [2.05, 4.69) is 60.0 Å². The van der Waals surface area contributed by atoms with E-state index >= 15 is 0 Å². The van der Waals surface area contributed by atoms with E-state index in [-0.39, 0.29) is 11.1 Å². The first-order valence-electron chi connectivity index (χ1n) is 11.3. The van der Waals surface area contributed by atoms with Gasteiger partial charge in [-0.3, -0.25) is 20.0 Å². The molecule has 10 heteroatoms. The normalized spacial score (nSPS) is 18.0. The average molecular weight is 476 g/mol. The Morgan fingerprint density at radius 1 is 1.15 bits per heavy atom. The molecule has 0 bridgehead atoms. The van der Waals surface area contributed by atoms with Crippen LogP contribution in [0.2, 0.25) is 0 Å². The Morgan fingerprint density at radius 2 is 2.03 bits per heavy atom. The van der Waals surface area contributed by atoms with Crippen molar-refractivity contribution in [3.8, 4) is 11.3 Å². The standard InChI is InChI=1S/C24H25N7O2S/c32-22-21(34-24(33)29-22)13-19-4-8-26-23(28-19)31-10-6-16(7-11-31)14-25-15-17-2-1-3-18(12-17)20-5-9-27-30-20/h1-5,8-9,12-13,16,25H,6-7,10-11,14-15H2,(H,27,30)(H,29,32,33)/b21-13-. The number of nitrogens with zero attached hydrogens (tertiary/aromatic N) is 4. The van der Waals surface area contributed by atoms with Gasteiger partial charge < -0.3 is 10.2 Å². The molecular weight excluding hydrogens is 450 g/mol. The molecule has 0 spiro atoms. The molecule has 0 radical (unpaired) electrons. The zero-order valence-electron chi connectivity index (χ0n) is 18.5. The number of aromatic amines is 1. The third kappa shape index (κ3) is 5.35. The summed E-state index contributed by atoms with van der Waals surface area (Å²) >= 11 is 0.892. The number of piperidine rings is 1. The minimum Gasteiger partial charge on any atom is -0.341 e. The molecule has 0 atom stereocenters. The Hall–Kier alpha value is -3.50. The molecule has 4 heterocycles. The number of imide groups is 1. The van der Waals surface area contributed by atoms with Crippen LogP contribution in [0.1, 0.15) is 24.1 Å². The van der Waals surface area contributed by atoms with Crippen molar-refractivity contribution < 1.29 is 9.59 Å². The van der Waals surface area contributed by atoms with Crippen LogP contribution in [-0.2, 0) is 11.3 Å². The van der Waals surface area contributed by atoms with Crippen LogP contribution in [0.15, 0.2) is 53.7 Å². The molecule has 3 N–H and O–H groups in total. The second-order valence-corrected chi connectivity index (χ2v) is 9.38. The molecule has 34 heavy (non-hydrogen) atoms. The molecule has 2 fully saturated rings. The van der Waals surface area contributed by atoms with E-state index in [1.165, 1.54) is 5.56 Å². The highest BCUT2D eigenvalue weighted by atomic mass is 32.2. The predicted molar refractivity (Wildman–Crippen MR) is 132 cm³/mol. The maximum Gasteiger partial charge on any atom is 0.290 e. The Kier molecular flexibility index (Phi) is 6.68. The monoisotopic (exact) mass is 475 g/mol. The highest BCUT2D eigenvalue weighted by molar-refractivity contribution is 8.18. The number of anilines is 1. The predicted octanol–water partition coefficient (Wildman–Crippen LogP) is 3.20. The lowest BCUT2D eigenvalue weighted by molar-refractivity contribution is -0.115. The van der Waals surface area contributed by atoms with E-state index < -0.39 is 0 Å². The third-order valence-corrected chi connectivity index (χ3v) is 6.79. The highest BCUT2D eigenvalue weighted by Gasteiger charge is 2.25. The van der Waals surface area contributed by atoms with Gasteiger partial charge in [0.2, 0.25) is 5.95 Å². The number of thioether (sulfide) groups is 1. The van der Waals surface area contributed by atoms with Crippen LogP contribution in [0.25, 0.3) is 17.3 Å².